The molecule has 154 valence electrons. The van der Waals surface area contributed by atoms with Crippen LogP contribution in [0.4, 0.5) is 10.5 Å². The average Bonchev–Trinajstić information content (AvgIpc) is 2.73. The molecule has 6 nitrogen and oxygen atoms in total. The van der Waals surface area contributed by atoms with Crippen molar-refractivity contribution in [3.05, 3.63) is 59.7 Å². The molecule has 0 spiro atoms. The zero-order chi connectivity index (χ0) is 20.6. The van der Waals surface area contributed by atoms with E-state index in [0.29, 0.717) is 11.3 Å². The Kier molecular flexibility index (Phi) is 7.11. The molecule has 3 rings (SSSR count). The van der Waals surface area contributed by atoms with Gasteiger partial charge in [0.05, 0.1) is 0 Å². The topological polar surface area (TPSA) is 81.7 Å². The number of hydrogen-bond acceptors (Lipinski definition) is 3. The molecule has 29 heavy (non-hydrogen) atoms. The Morgan fingerprint density at radius 2 is 1.79 bits per heavy atom. The SMILES string of the molecule is CC(CCc1ccc(O)cc1)NC(=O)Nc1cccc(C(=O)N2CCCCC2)c1. The minimum atomic E-state index is -0.286. The fourth-order valence-electron chi connectivity index (χ4n) is 3.52. The summed E-state index contributed by atoms with van der Waals surface area (Å²) in [6.07, 6.45) is 4.87. The van der Waals surface area contributed by atoms with E-state index >= 15 is 0 Å². The van der Waals surface area contributed by atoms with Gasteiger partial charge in [0.25, 0.3) is 5.91 Å². The summed E-state index contributed by atoms with van der Waals surface area (Å²) in [4.78, 5) is 26.8. The average molecular weight is 396 g/mol. The van der Waals surface area contributed by atoms with Crippen LogP contribution < -0.4 is 10.6 Å². The highest BCUT2D eigenvalue weighted by molar-refractivity contribution is 5.97. The van der Waals surface area contributed by atoms with Gasteiger partial charge in [-0.15, -0.1) is 0 Å². The molecule has 1 unspecified atom stereocenters. The summed E-state index contributed by atoms with van der Waals surface area (Å²) in [7, 11) is 0. The van der Waals surface area contributed by atoms with Gasteiger partial charge in [-0.3, -0.25) is 4.79 Å². The van der Waals surface area contributed by atoms with Crippen molar-refractivity contribution in [1.82, 2.24) is 10.2 Å². The Morgan fingerprint density at radius 1 is 1.07 bits per heavy atom. The molecule has 3 N–H and O–H groups in total. The third-order valence-corrected chi connectivity index (χ3v) is 5.19. The highest BCUT2D eigenvalue weighted by Gasteiger charge is 2.18. The van der Waals surface area contributed by atoms with E-state index < -0.39 is 0 Å². The van der Waals surface area contributed by atoms with E-state index in [1.807, 2.05) is 24.0 Å². The minimum Gasteiger partial charge on any atom is -0.508 e. The van der Waals surface area contributed by atoms with E-state index in [1.54, 1.807) is 36.4 Å². The Morgan fingerprint density at radius 3 is 2.52 bits per heavy atom. The molecule has 0 bridgehead atoms. The quantitative estimate of drug-likeness (QED) is 0.687. The fourth-order valence-corrected chi connectivity index (χ4v) is 3.52. The molecule has 1 heterocycles. The van der Waals surface area contributed by atoms with Gasteiger partial charge >= 0.3 is 6.03 Å². The number of aryl methyl sites for hydroxylation is 1. The largest absolute Gasteiger partial charge is 0.508 e. The third kappa shape index (κ3) is 6.24. The molecule has 0 aromatic heterocycles. The number of phenols is 1. The lowest BCUT2D eigenvalue weighted by molar-refractivity contribution is 0.0724. The normalized spacial score (nSPS) is 14.9. The summed E-state index contributed by atoms with van der Waals surface area (Å²) in [6.45, 7) is 3.56. The molecule has 3 amide bonds. The molecule has 1 atom stereocenters. The lowest BCUT2D eigenvalue weighted by atomic mass is 10.1. The Bertz CT molecular complexity index is 830. The van der Waals surface area contributed by atoms with Gasteiger partial charge in [-0.2, -0.15) is 0 Å². The number of hydrogen-bond donors (Lipinski definition) is 3. The number of nitrogens with zero attached hydrogens (tertiary/aromatic N) is 1. The number of amides is 3. The molecular weight excluding hydrogens is 366 g/mol. The molecule has 1 aliphatic heterocycles. The summed E-state index contributed by atoms with van der Waals surface area (Å²) in [6, 6.07) is 13.9. The van der Waals surface area contributed by atoms with E-state index in [-0.39, 0.29) is 23.7 Å². The van der Waals surface area contributed by atoms with Crippen LogP contribution in [0.5, 0.6) is 5.75 Å². The van der Waals surface area contributed by atoms with E-state index in [1.165, 1.54) is 6.42 Å². The first-order chi connectivity index (χ1) is 14.0. The van der Waals surface area contributed by atoms with Crippen LogP contribution in [0.3, 0.4) is 0 Å². The second-order valence-corrected chi connectivity index (χ2v) is 7.64. The van der Waals surface area contributed by atoms with Crippen molar-refractivity contribution in [2.45, 2.75) is 45.1 Å². The number of likely N-dealkylation sites (tertiary alicyclic amines) is 1. The monoisotopic (exact) mass is 395 g/mol. The van der Waals surface area contributed by atoms with Crippen molar-refractivity contribution in [3.63, 3.8) is 0 Å². The number of carbonyl (C=O) groups is 2. The summed E-state index contributed by atoms with van der Waals surface area (Å²) >= 11 is 0. The van der Waals surface area contributed by atoms with E-state index in [9.17, 15) is 14.7 Å². The minimum absolute atomic E-state index is 0.0121. The van der Waals surface area contributed by atoms with Gasteiger partial charge in [0.2, 0.25) is 0 Å². The molecule has 1 fully saturated rings. The summed E-state index contributed by atoms with van der Waals surface area (Å²) in [5.41, 5.74) is 2.32. The maximum absolute atomic E-state index is 12.6. The Balaban J connectivity index is 1.49. The number of piperidine rings is 1. The van der Waals surface area contributed by atoms with Gasteiger partial charge in [-0.1, -0.05) is 18.2 Å². The van der Waals surface area contributed by atoms with Crippen LogP contribution >= 0.6 is 0 Å². The first-order valence-corrected chi connectivity index (χ1v) is 10.3. The van der Waals surface area contributed by atoms with E-state index in [2.05, 4.69) is 10.6 Å². The maximum Gasteiger partial charge on any atom is 0.319 e. The zero-order valence-electron chi connectivity index (χ0n) is 16.9. The van der Waals surface area contributed by atoms with E-state index in [4.69, 9.17) is 0 Å². The smallest absolute Gasteiger partial charge is 0.319 e. The van der Waals surface area contributed by atoms with Crippen molar-refractivity contribution in [1.29, 1.82) is 0 Å². The van der Waals surface area contributed by atoms with Gasteiger partial charge in [-0.25, -0.2) is 4.79 Å². The Hall–Kier alpha value is -3.02. The zero-order valence-corrected chi connectivity index (χ0v) is 16.9. The molecular formula is C23H29N3O3. The van der Waals surface area contributed by atoms with Crippen molar-refractivity contribution in [2.75, 3.05) is 18.4 Å². The number of rotatable bonds is 6. The molecule has 6 heteroatoms. The second kappa shape index (κ2) is 9.96. The molecule has 1 aliphatic rings. The van der Waals surface area contributed by atoms with Gasteiger partial charge in [-0.05, 0) is 74.9 Å². The lowest BCUT2D eigenvalue weighted by Crippen LogP contribution is -2.37. The number of benzene rings is 2. The number of anilines is 1. The van der Waals surface area contributed by atoms with Gasteiger partial charge in [0.15, 0.2) is 0 Å². The number of carbonyl (C=O) groups excluding carboxylic acids is 2. The number of aromatic hydroxyl groups is 1. The van der Waals surface area contributed by atoms with Crippen molar-refractivity contribution in [2.24, 2.45) is 0 Å². The van der Waals surface area contributed by atoms with Crippen LogP contribution in [0.1, 0.15) is 48.5 Å². The number of phenolic OH excluding ortho intramolecular Hbond substituents is 1. The molecule has 0 saturated carbocycles. The molecule has 0 radical (unpaired) electrons. The van der Waals surface area contributed by atoms with Gasteiger partial charge < -0.3 is 20.6 Å². The van der Waals surface area contributed by atoms with Crippen LogP contribution in [0, 0.1) is 0 Å². The van der Waals surface area contributed by atoms with E-state index in [0.717, 1.165) is 44.3 Å². The van der Waals surface area contributed by atoms with Crippen LogP contribution in [-0.4, -0.2) is 41.1 Å². The standard InChI is InChI=1S/C23H29N3O3/c1-17(8-9-18-10-12-21(27)13-11-18)24-23(29)25-20-7-5-6-19(16-20)22(28)26-14-3-2-4-15-26/h5-7,10-13,16-17,27H,2-4,8-9,14-15H2,1H3,(H2,24,25,29). The predicted molar refractivity (Wildman–Crippen MR) is 114 cm³/mol. The highest BCUT2D eigenvalue weighted by atomic mass is 16.3. The summed E-state index contributed by atoms with van der Waals surface area (Å²) in [5.74, 6) is 0.274. The van der Waals surface area contributed by atoms with Gasteiger partial charge in [0, 0.05) is 30.4 Å². The van der Waals surface area contributed by atoms with Crippen LogP contribution in [-0.2, 0) is 6.42 Å². The maximum atomic E-state index is 12.6. The van der Waals surface area contributed by atoms with Crippen LogP contribution in [0.15, 0.2) is 48.5 Å². The van der Waals surface area contributed by atoms with Crippen molar-refractivity contribution in [3.8, 4) is 5.75 Å². The molecule has 0 aliphatic carbocycles. The highest BCUT2D eigenvalue weighted by Crippen LogP contribution is 2.17. The first-order valence-electron chi connectivity index (χ1n) is 10.3. The second-order valence-electron chi connectivity index (χ2n) is 7.64. The van der Waals surface area contributed by atoms with Crippen LogP contribution in [0.25, 0.3) is 0 Å². The summed E-state index contributed by atoms with van der Waals surface area (Å²) in [5, 5.41) is 15.1. The third-order valence-electron chi connectivity index (χ3n) is 5.19. The number of urea groups is 1. The molecule has 1 saturated heterocycles. The first kappa shape index (κ1) is 20.7. The Labute approximate surface area is 171 Å². The molecule has 2 aromatic carbocycles. The van der Waals surface area contributed by atoms with Gasteiger partial charge in [0.1, 0.15) is 5.75 Å². The van der Waals surface area contributed by atoms with Crippen molar-refractivity contribution >= 4 is 17.6 Å². The lowest BCUT2D eigenvalue weighted by Gasteiger charge is -2.26. The van der Waals surface area contributed by atoms with Crippen molar-refractivity contribution < 1.29 is 14.7 Å². The number of nitrogens with one attached hydrogen (secondary N) is 2. The molecule has 2 aromatic rings. The predicted octanol–water partition coefficient (Wildman–Crippen LogP) is 4.16. The van der Waals surface area contributed by atoms with Crippen LogP contribution in [0.2, 0.25) is 0 Å². The summed E-state index contributed by atoms with van der Waals surface area (Å²) < 4.78 is 0. The fraction of sp³-hybridized carbons (Fsp3) is 0.391.